The van der Waals surface area contributed by atoms with E-state index < -0.39 is 5.56 Å². The minimum atomic E-state index is -0.447. The molecule has 2 aromatic heterocycles. The molecule has 0 saturated heterocycles. The van der Waals surface area contributed by atoms with Gasteiger partial charge in [0.2, 0.25) is 5.88 Å². The van der Waals surface area contributed by atoms with E-state index in [1.807, 2.05) is 26.0 Å². The number of aromatic nitrogens is 3. The Hall–Kier alpha value is -2.28. The highest BCUT2D eigenvalue weighted by Gasteiger charge is 2.14. The number of aromatic amines is 1. The first-order valence-electron chi connectivity index (χ1n) is 7.01. The van der Waals surface area contributed by atoms with Crippen molar-refractivity contribution < 1.29 is 5.11 Å². The zero-order valence-corrected chi connectivity index (χ0v) is 13.3. The standard InChI is InChI=1S/C15H18N4O2S/c1-3-10(2)19-14(21)12(13(20)18-15(19)22)9-17-8-11-5-4-6-16-7-11/h4-7,9-10,21H,3,8H2,1-2H3,(H,18,20,22)/t10-/m1/s1. The van der Waals surface area contributed by atoms with Gasteiger partial charge >= 0.3 is 0 Å². The number of nitrogens with zero attached hydrogens (tertiary/aromatic N) is 3. The van der Waals surface area contributed by atoms with Crippen LogP contribution < -0.4 is 5.56 Å². The Bertz CT molecular complexity index is 780. The van der Waals surface area contributed by atoms with Crippen LogP contribution >= 0.6 is 12.2 Å². The molecule has 0 aromatic carbocycles. The molecule has 1 atom stereocenters. The number of rotatable bonds is 5. The Balaban J connectivity index is 2.35. The number of aromatic hydroxyl groups is 1. The summed E-state index contributed by atoms with van der Waals surface area (Å²) in [7, 11) is 0. The third-order valence-corrected chi connectivity index (χ3v) is 3.70. The van der Waals surface area contributed by atoms with Crippen molar-refractivity contribution in [2.24, 2.45) is 4.99 Å². The normalized spacial score (nSPS) is 12.6. The maximum absolute atomic E-state index is 12.0. The van der Waals surface area contributed by atoms with Gasteiger partial charge in [0.25, 0.3) is 5.56 Å². The first-order chi connectivity index (χ1) is 10.5. The first-order valence-corrected chi connectivity index (χ1v) is 7.42. The molecule has 0 bridgehead atoms. The lowest BCUT2D eigenvalue weighted by molar-refractivity contribution is 0.371. The molecule has 0 amide bonds. The van der Waals surface area contributed by atoms with Gasteiger partial charge in [0.05, 0.1) is 6.54 Å². The average Bonchev–Trinajstić information content (AvgIpc) is 2.51. The fourth-order valence-electron chi connectivity index (χ4n) is 1.99. The summed E-state index contributed by atoms with van der Waals surface area (Å²) in [4.78, 5) is 22.7. The van der Waals surface area contributed by atoms with Crippen molar-refractivity contribution in [3.8, 4) is 5.88 Å². The highest BCUT2D eigenvalue weighted by molar-refractivity contribution is 7.71. The van der Waals surface area contributed by atoms with Crippen LogP contribution in [0.25, 0.3) is 0 Å². The molecule has 0 unspecified atom stereocenters. The van der Waals surface area contributed by atoms with Crippen molar-refractivity contribution in [2.75, 3.05) is 0 Å². The molecule has 2 heterocycles. The van der Waals surface area contributed by atoms with Crippen molar-refractivity contribution in [3.63, 3.8) is 0 Å². The van der Waals surface area contributed by atoms with Gasteiger partial charge in [-0.25, -0.2) is 0 Å². The topological polar surface area (TPSA) is 83.3 Å². The summed E-state index contributed by atoms with van der Waals surface area (Å²) < 4.78 is 1.74. The van der Waals surface area contributed by atoms with Gasteiger partial charge < -0.3 is 5.11 Å². The van der Waals surface area contributed by atoms with Crippen molar-refractivity contribution in [1.82, 2.24) is 14.5 Å². The first kappa shape index (κ1) is 16.1. The van der Waals surface area contributed by atoms with Gasteiger partial charge in [0, 0.05) is 24.7 Å². The largest absolute Gasteiger partial charge is 0.494 e. The van der Waals surface area contributed by atoms with E-state index >= 15 is 0 Å². The number of pyridine rings is 1. The Labute approximate surface area is 133 Å². The Kier molecular flexibility index (Phi) is 5.21. The van der Waals surface area contributed by atoms with Crippen LogP contribution in [0.5, 0.6) is 5.88 Å². The summed E-state index contributed by atoms with van der Waals surface area (Å²) in [5, 5.41) is 10.3. The van der Waals surface area contributed by atoms with Crippen molar-refractivity contribution in [1.29, 1.82) is 0 Å². The number of hydrogen-bond acceptors (Lipinski definition) is 5. The summed E-state index contributed by atoms with van der Waals surface area (Å²) in [5.41, 5.74) is 0.583. The lowest BCUT2D eigenvalue weighted by Crippen LogP contribution is -2.20. The highest BCUT2D eigenvalue weighted by atomic mass is 32.1. The summed E-state index contributed by atoms with van der Waals surface area (Å²) in [5.74, 6) is -0.155. The fourth-order valence-corrected chi connectivity index (χ4v) is 2.35. The van der Waals surface area contributed by atoms with Crippen molar-refractivity contribution in [2.45, 2.75) is 32.9 Å². The van der Waals surface area contributed by atoms with Gasteiger partial charge in [-0.2, -0.15) is 0 Å². The summed E-state index contributed by atoms with van der Waals surface area (Å²) in [6.07, 6.45) is 5.53. The van der Waals surface area contributed by atoms with E-state index in [2.05, 4.69) is 15.0 Å². The smallest absolute Gasteiger partial charge is 0.264 e. The lowest BCUT2D eigenvalue weighted by Gasteiger charge is -2.16. The number of H-pyrrole nitrogens is 1. The van der Waals surface area contributed by atoms with Crippen LogP contribution in [0.2, 0.25) is 0 Å². The third kappa shape index (κ3) is 3.48. The van der Waals surface area contributed by atoms with E-state index in [1.165, 1.54) is 10.8 Å². The third-order valence-electron chi connectivity index (χ3n) is 3.40. The lowest BCUT2D eigenvalue weighted by atomic mass is 10.2. The molecular weight excluding hydrogens is 300 g/mol. The molecule has 116 valence electrons. The molecule has 0 spiro atoms. The number of nitrogens with one attached hydrogen (secondary N) is 1. The molecular formula is C15H18N4O2S. The van der Waals surface area contributed by atoms with Crippen LogP contribution in [-0.4, -0.2) is 25.9 Å². The fraction of sp³-hybridized carbons (Fsp3) is 0.333. The monoisotopic (exact) mass is 318 g/mol. The van der Waals surface area contributed by atoms with Crippen LogP contribution in [0.3, 0.4) is 0 Å². The SMILES string of the molecule is CC[C@@H](C)n1c(O)c(C=NCc2cccnc2)c(=O)[nH]c1=S. The zero-order chi connectivity index (χ0) is 16.1. The molecule has 7 heteroatoms. The summed E-state index contributed by atoms with van der Waals surface area (Å²) in [6, 6.07) is 3.69. The maximum atomic E-state index is 12.0. The molecule has 0 radical (unpaired) electrons. The second kappa shape index (κ2) is 7.13. The van der Waals surface area contributed by atoms with Gasteiger partial charge in [-0.15, -0.1) is 0 Å². The van der Waals surface area contributed by atoms with Gasteiger partial charge in [-0.3, -0.25) is 24.3 Å². The maximum Gasteiger partial charge on any atom is 0.264 e. The summed E-state index contributed by atoms with van der Waals surface area (Å²) in [6.45, 7) is 4.28. The van der Waals surface area contributed by atoms with Gasteiger partial charge in [0.1, 0.15) is 5.56 Å². The predicted octanol–water partition coefficient (Wildman–Crippen LogP) is 2.60. The number of aliphatic imine (C=N–C) groups is 1. The average molecular weight is 318 g/mol. The van der Waals surface area contributed by atoms with E-state index in [1.54, 1.807) is 12.4 Å². The molecule has 0 saturated carbocycles. The molecule has 0 aliphatic rings. The van der Waals surface area contributed by atoms with E-state index in [0.717, 1.165) is 12.0 Å². The minimum Gasteiger partial charge on any atom is -0.494 e. The van der Waals surface area contributed by atoms with Crippen LogP contribution in [0.15, 0.2) is 34.3 Å². The quantitative estimate of drug-likeness (QED) is 0.655. The van der Waals surface area contributed by atoms with Crippen LogP contribution in [-0.2, 0) is 6.54 Å². The second-order valence-corrected chi connectivity index (χ2v) is 5.34. The molecule has 2 rings (SSSR count). The molecule has 2 aromatic rings. The van der Waals surface area contributed by atoms with E-state index in [-0.39, 0.29) is 22.3 Å². The van der Waals surface area contributed by atoms with Gasteiger partial charge in [-0.1, -0.05) is 13.0 Å². The van der Waals surface area contributed by atoms with E-state index in [9.17, 15) is 9.90 Å². The van der Waals surface area contributed by atoms with Crippen LogP contribution in [0, 0.1) is 4.77 Å². The predicted molar refractivity (Wildman–Crippen MR) is 88.1 cm³/mol. The molecule has 0 aliphatic carbocycles. The molecule has 0 aliphatic heterocycles. The van der Waals surface area contributed by atoms with Gasteiger partial charge in [-0.05, 0) is 37.2 Å². The minimum absolute atomic E-state index is 0.0187. The van der Waals surface area contributed by atoms with Crippen LogP contribution in [0.1, 0.15) is 37.4 Å². The Morgan fingerprint density at radius 1 is 1.59 bits per heavy atom. The van der Waals surface area contributed by atoms with Crippen LogP contribution in [0.4, 0.5) is 0 Å². The Morgan fingerprint density at radius 3 is 3.00 bits per heavy atom. The Morgan fingerprint density at radius 2 is 2.36 bits per heavy atom. The summed E-state index contributed by atoms with van der Waals surface area (Å²) >= 11 is 5.11. The zero-order valence-electron chi connectivity index (χ0n) is 12.5. The number of hydrogen-bond donors (Lipinski definition) is 2. The van der Waals surface area contributed by atoms with E-state index in [0.29, 0.717) is 6.54 Å². The van der Waals surface area contributed by atoms with Gasteiger partial charge in [0.15, 0.2) is 4.77 Å². The molecule has 6 nitrogen and oxygen atoms in total. The molecule has 22 heavy (non-hydrogen) atoms. The van der Waals surface area contributed by atoms with Crippen molar-refractivity contribution in [3.05, 3.63) is 50.8 Å². The van der Waals surface area contributed by atoms with E-state index in [4.69, 9.17) is 12.2 Å². The molecule has 0 fully saturated rings. The molecule has 2 N–H and O–H groups in total. The van der Waals surface area contributed by atoms with Crippen molar-refractivity contribution >= 4 is 18.4 Å². The second-order valence-electron chi connectivity index (χ2n) is 4.95. The highest BCUT2D eigenvalue weighted by Crippen LogP contribution is 2.20.